The van der Waals surface area contributed by atoms with E-state index in [0.29, 0.717) is 42.4 Å². The quantitative estimate of drug-likeness (QED) is 0.591. The van der Waals surface area contributed by atoms with Gasteiger partial charge in [-0.15, -0.1) is 0 Å². The molecule has 0 radical (unpaired) electrons. The summed E-state index contributed by atoms with van der Waals surface area (Å²) in [4.78, 5) is 13.0. The second kappa shape index (κ2) is 10.9. The fourth-order valence-electron chi connectivity index (χ4n) is 3.78. The summed E-state index contributed by atoms with van der Waals surface area (Å²) in [7, 11) is -0.743. The topological polar surface area (TPSA) is 94.2 Å². The average Bonchev–Trinajstić information content (AvgIpc) is 2.83. The van der Waals surface area contributed by atoms with Crippen LogP contribution in [0.1, 0.15) is 31.7 Å². The van der Waals surface area contributed by atoms with Crippen molar-refractivity contribution >= 4 is 21.6 Å². The molecule has 0 unspecified atom stereocenters. The van der Waals surface area contributed by atoms with E-state index < -0.39 is 10.0 Å². The average molecular weight is 477 g/mol. The molecule has 1 aliphatic rings. The number of amides is 1. The number of rotatable bonds is 9. The number of benzene rings is 2. The van der Waals surface area contributed by atoms with Crippen molar-refractivity contribution in [3.05, 3.63) is 42.0 Å². The molecular formula is C24H32N2O6S. The lowest BCUT2D eigenvalue weighted by atomic mass is 9.97. The van der Waals surface area contributed by atoms with E-state index in [1.54, 1.807) is 6.07 Å². The molecule has 180 valence electrons. The van der Waals surface area contributed by atoms with Crippen LogP contribution in [0.5, 0.6) is 17.2 Å². The molecule has 1 heterocycles. The lowest BCUT2D eigenvalue weighted by Gasteiger charge is -2.30. The molecule has 3 rings (SSSR count). The third-order valence-corrected chi connectivity index (χ3v) is 7.57. The SMILES string of the molecule is CCCOc1cc(C)ccc1NC(=O)C1CCN(S(=O)(=O)c2ccc(OC)c(OC)c2)CC1. The Balaban J connectivity index is 1.65. The number of methoxy groups -OCH3 is 2. The van der Waals surface area contributed by atoms with Crippen molar-refractivity contribution in [3.8, 4) is 17.2 Å². The molecule has 1 N–H and O–H groups in total. The van der Waals surface area contributed by atoms with E-state index in [9.17, 15) is 13.2 Å². The predicted molar refractivity (Wildman–Crippen MR) is 127 cm³/mol. The van der Waals surface area contributed by atoms with Gasteiger partial charge < -0.3 is 19.5 Å². The molecule has 0 saturated carbocycles. The fraction of sp³-hybridized carbons (Fsp3) is 0.458. The van der Waals surface area contributed by atoms with Gasteiger partial charge in [-0.2, -0.15) is 4.31 Å². The number of carbonyl (C=O) groups is 1. The number of hydrogen-bond acceptors (Lipinski definition) is 6. The van der Waals surface area contributed by atoms with Crippen LogP contribution in [-0.2, 0) is 14.8 Å². The van der Waals surface area contributed by atoms with Crippen LogP contribution >= 0.6 is 0 Å². The highest BCUT2D eigenvalue weighted by atomic mass is 32.2. The third kappa shape index (κ3) is 5.78. The molecule has 0 atom stereocenters. The van der Waals surface area contributed by atoms with Crippen LogP contribution in [0.3, 0.4) is 0 Å². The number of nitrogens with zero attached hydrogens (tertiary/aromatic N) is 1. The first-order valence-corrected chi connectivity index (χ1v) is 12.5. The van der Waals surface area contributed by atoms with Gasteiger partial charge in [0.25, 0.3) is 0 Å². The van der Waals surface area contributed by atoms with Crippen molar-refractivity contribution in [3.63, 3.8) is 0 Å². The normalized spacial score (nSPS) is 15.2. The molecule has 1 fully saturated rings. The summed E-state index contributed by atoms with van der Waals surface area (Å²) in [5.74, 6) is 1.07. The van der Waals surface area contributed by atoms with E-state index in [4.69, 9.17) is 14.2 Å². The molecule has 0 bridgehead atoms. The highest BCUT2D eigenvalue weighted by Gasteiger charge is 2.33. The molecular weight excluding hydrogens is 444 g/mol. The van der Waals surface area contributed by atoms with Crippen LogP contribution in [0.2, 0.25) is 0 Å². The first-order valence-electron chi connectivity index (χ1n) is 11.1. The Hall–Kier alpha value is -2.78. The van der Waals surface area contributed by atoms with Crippen molar-refractivity contribution in [2.75, 3.05) is 39.2 Å². The third-order valence-electron chi connectivity index (χ3n) is 5.67. The molecule has 33 heavy (non-hydrogen) atoms. The lowest BCUT2D eigenvalue weighted by molar-refractivity contribution is -0.120. The van der Waals surface area contributed by atoms with Gasteiger partial charge in [-0.1, -0.05) is 13.0 Å². The molecule has 9 heteroatoms. The molecule has 8 nitrogen and oxygen atoms in total. The molecule has 2 aromatic carbocycles. The van der Waals surface area contributed by atoms with Crippen LogP contribution in [0.15, 0.2) is 41.3 Å². The lowest BCUT2D eigenvalue weighted by Crippen LogP contribution is -2.41. The zero-order chi connectivity index (χ0) is 24.0. The van der Waals surface area contributed by atoms with E-state index in [1.165, 1.54) is 30.7 Å². The number of aryl methyl sites for hydroxylation is 1. The summed E-state index contributed by atoms with van der Waals surface area (Å²) >= 11 is 0. The van der Waals surface area contributed by atoms with Gasteiger partial charge in [-0.25, -0.2) is 8.42 Å². The number of anilines is 1. The minimum Gasteiger partial charge on any atom is -0.493 e. The number of piperidine rings is 1. The zero-order valence-corrected chi connectivity index (χ0v) is 20.4. The van der Waals surface area contributed by atoms with Gasteiger partial charge >= 0.3 is 0 Å². The van der Waals surface area contributed by atoms with E-state index in [2.05, 4.69) is 5.32 Å². The summed E-state index contributed by atoms with van der Waals surface area (Å²) in [6.45, 7) is 5.10. The minimum absolute atomic E-state index is 0.122. The van der Waals surface area contributed by atoms with Crippen LogP contribution in [-0.4, -0.2) is 52.5 Å². The van der Waals surface area contributed by atoms with Crippen LogP contribution < -0.4 is 19.5 Å². The molecule has 0 aliphatic carbocycles. The Morgan fingerprint density at radius 2 is 1.73 bits per heavy atom. The number of ether oxygens (including phenoxy) is 3. The van der Waals surface area contributed by atoms with Crippen molar-refractivity contribution < 1.29 is 27.4 Å². The summed E-state index contributed by atoms with van der Waals surface area (Å²) in [5, 5.41) is 2.97. The summed E-state index contributed by atoms with van der Waals surface area (Å²) in [5.41, 5.74) is 1.69. The Labute approximate surface area is 195 Å². The first-order chi connectivity index (χ1) is 15.8. The van der Waals surface area contributed by atoms with Gasteiger partial charge in [-0.05, 0) is 56.0 Å². The second-order valence-corrected chi connectivity index (χ2v) is 9.97. The standard InChI is InChI=1S/C24H32N2O6S/c1-5-14-32-22-15-17(2)6-8-20(22)25-24(27)18-10-12-26(13-11-18)33(28,29)19-7-9-21(30-3)23(16-19)31-4/h6-9,15-16,18H,5,10-14H2,1-4H3,(H,25,27). The maximum atomic E-state index is 13.1. The number of hydrogen-bond donors (Lipinski definition) is 1. The van der Waals surface area contributed by atoms with Crippen LogP contribution in [0, 0.1) is 12.8 Å². The highest BCUT2D eigenvalue weighted by molar-refractivity contribution is 7.89. The maximum Gasteiger partial charge on any atom is 0.243 e. The van der Waals surface area contributed by atoms with Crippen molar-refractivity contribution in [2.24, 2.45) is 5.92 Å². The zero-order valence-electron chi connectivity index (χ0n) is 19.6. The van der Waals surface area contributed by atoms with E-state index in [1.807, 2.05) is 32.0 Å². The van der Waals surface area contributed by atoms with Gasteiger partial charge in [0.15, 0.2) is 11.5 Å². The van der Waals surface area contributed by atoms with Gasteiger partial charge in [0, 0.05) is 25.1 Å². The summed E-state index contributed by atoms with van der Waals surface area (Å²) in [6, 6.07) is 10.2. The first kappa shape index (κ1) is 24.9. The largest absolute Gasteiger partial charge is 0.493 e. The van der Waals surface area contributed by atoms with E-state index >= 15 is 0 Å². The van der Waals surface area contributed by atoms with E-state index in [-0.39, 0.29) is 29.8 Å². The Bertz CT molecular complexity index is 1080. The number of carbonyl (C=O) groups excluding carboxylic acids is 1. The number of nitrogens with one attached hydrogen (secondary N) is 1. The predicted octanol–water partition coefficient (Wildman–Crippen LogP) is 3.84. The van der Waals surface area contributed by atoms with E-state index in [0.717, 1.165) is 12.0 Å². The van der Waals surface area contributed by atoms with Gasteiger partial charge in [0.05, 0.1) is 31.4 Å². The molecule has 0 aromatic heterocycles. The summed E-state index contributed by atoms with van der Waals surface area (Å²) < 4.78 is 43.8. The Morgan fingerprint density at radius 3 is 2.36 bits per heavy atom. The summed E-state index contributed by atoms with van der Waals surface area (Å²) in [6.07, 6.45) is 1.75. The molecule has 1 saturated heterocycles. The maximum absolute atomic E-state index is 13.1. The molecule has 1 aliphatic heterocycles. The monoisotopic (exact) mass is 476 g/mol. The van der Waals surface area contributed by atoms with Crippen LogP contribution in [0.25, 0.3) is 0 Å². The smallest absolute Gasteiger partial charge is 0.243 e. The Kier molecular flexibility index (Phi) is 8.20. The van der Waals surface area contributed by atoms with Gasteiger partial charge in [-0.3, -0.25) is 4.79 Å². The second-order valence-electron chi connectivity index (χ2n) is 8.03. The molecule has 1 amide bonds. The fourth-order valence-corrected chi connectivity index (χ4v) is 5.27. The minimum atomic E-state index is -3.70. The van der Waals surface area contributed by atoms with Gasteiger partial charge in [0.2, 0.25) is 15.9 Å². The molecule has 2 aromatic rings. The Morgan fingerprint density at radius 1 is 1.03 bits per heavy atom. The van der Waals surface area contributed by atoms with Crippen LogP contribution in [0.4, 0.5) is 5.69 Å². The van der Waals surface area contributed by atoms with Crippen molar-refractivity contribution in [2.45, 2.75) is 38.0 Å². The highest BCUT2D eigenvalue weighted by Crippen LogP contribution is 2.32. The van der Waals surface area contributed by atoms with Gasteiger partial charge in [0.1, 0.15) is 5.75 Å². The van der Waals surface area contributed by atoms with Crippen molar-refractivity contribution in [1.82, 2.24) is 4.31 Å². The number of sulfonamides is 1. The van der Waals surface area contributed by atoms with Crippen molar-refractivity contribution in [1.29, 1.82) is 0 Å². The molecule has 0 spiro atoms.